The van der Waals surface area contributed by atoms with Crippen molar-refractivity contribution in [2.24, 2.45) is 7.05 Å². The molecular weight excluding hydrogens is 460 g/mol. The van der Waals surface area contributed by atoms with E-state index in [9.17, 15) is 9.59 Å². The molecule has 0 spiro atoms. The Morgan fingerprint density at radius 1 is 0.946 bits per heavy atom. The van der Waals surface area contributed by atoms with Crippen molar-refractivity contribution >= 4 is 27.7 Å². The zero-order chi connectivity index (χ0) is 25.6. The summed E-state index contributed by atoms with van der Waals surface area (Å²) in [5.74, 6) is -0.260. The summed E-state index contributed by atoms with van der Waals surface area (Å²) in [6.45, 7) is 2.53. The number of hydrogen-bond acceptors (Lipinski definition) is 3. The normalized spacial score (nSPS) is 14.9. The first-order valence-electron chi connectivity index (χ1n) is 12.9. The zero-order valence-corrected chi connectivity index (χ0v) is 21.2. The second kappa shape index (κ2) is 9.04. The van der Waals surface area contributed by atoms with Crippen molar-refractivity contribution in [3.8, 4) is 5.69 Å². The van der Waals surface area contributed by atoms with Crippen LogP contribution in [0.2, 0.25) is 0 Å². The molecule has 0 radical (unpaired) electrons. The Balaban J connectivity index is 1.49. The quantitative estimate of drug-likeness (QED) is 0.357. The highest BCUT2D eigenvalue weighted by Crippen LogP contribution is 2.40. The SMILES string of the molecule is Cc1ccc(-n2nc(C(=O)NCC3(c4ccccc4)CCCC3)c3c4ccccc4n(C)c3c2=O)cc1. The molecule has 1 fully saturated rings. The van der Waals surface area contributed by atoms with Gasteiger partial charge in [-0.1, -0.05) is 79.1 Å². The number of carbonyl (C=O) groups is 1. The van der Waals surface area contributed by atoms with Crippen molar-refractivity contribution in [1.82, 2.24) is 19.7 Å². The Morgan fingerprint density at radius 3 is 2.35 bits per heavy atom. The fraction of sp³-hybridized carbons (Fsp3) is 0.258. The molecule has 186 valence electrons. The minimum absolute atomic E-state index is 0.0831. The number of para-hydroxylation sites is 1. The molecule has 2 aromatic heterocycles. The molecule has 0 unspecified atom stereocenters. The maximum Gasteiger partial charge on any atom is 0.296 e. The molecule has 1 amide bonds. The summed E-state index contributed by atoms with van der Waals surface area (Å²) in [7, 11) is 1.87. The lowest BCUT2D eigenvalue weighted by molar-refractivity contribution is 0.0938. The van der Waals surface area contributed by atoms with E-state index in [2.05, 4.69) is 34.7 Å². The fourth-order valence-electron chi connectivity index (χ4n) is 5.94. The van der Waals surface area contributed by atoms with Crippen molar-refractivity contribution in [2.75, 3.05) is 6.54 Å². The summed E-state index contributed by atoms with van der Waals surface area (Å²) in [6, 6.07) is 25.9. The molecular formula is C31H30N4O2. The Morgan fingerprint density at radius 2 is 1.62 bits per heavy atom. The lowest BCUT2D eigenvalue weighted by Crippen LogP contribution is -2.40. The minimum atomic E-state index is -0.260. The van der Waals surface area contributed by atoms with Crippen LogP contribution in [-0.4, -0.2) is 26.8 Å². The van der Waals surface area contributed by atoms with E-state index >= 15 is 0 Å². The summed E-state index contributed by atoms with van der Waals surface area (Å²) in [5.41, 5.74) is 4.29. The van der Waals surface area contributed by atoms with Crippen LogP contribution in [0.15, 0.2) is 83.7 Å². The minimum Gasteiger partial charge on any atom is -0.350 e. The highest BCUT2D eigenvalue weighted by molar-refractivity contribution is 6.16. The largest absolute Gasteiger partial charge is 0.350 e. The van der Waals surface area contributed by atoms with Gasteiger partial charge in [0.25, 0.3) is 11.5 Å². The van der Waals surface area contributed by atoms with Crippen LogP contribution in [0.25, 0.3) is 27.5 Å². The van der Waals surface area contributed by atoms with Gasteiger partial charge in [0, 0.05) is 35.3 Å². The maximum atomic E-state index is 13.9. The summed E-state index contributed by atoms with van der Waals surface area (Å²) in [5, 5.41) is 9.36. The van der Waals surface area contributed by atoms with E-state index in [1.807, 2.05) is 73.1 Å². The molecule has 6 rings (SSSR count). The third kappa shape index (κ3) is 3.84. The maximum absolute atomic E-state index is 13.9. The second-order valence-electron chi connectivity index (χ2n) is 10.2. The van der Waals surface area contributed by atoms with Crippen LogP contribution in [0.3, 0.4) is 0 Å². The first kappa shape index (κ1) is 23.2. The predicted molar refractivity (Wildman–Crippen MR) is 147 cm³/mol. The van der Waals surface area contributed by atoms with Crippen LogP contribution >= 0.6 is 0 Å². The van der Waals surface area contributed by atoms with E-state index in [0.29, 0.717) is 23.1 Å². The van der Waals surface area contributed by atoms with Crippen LogP contribution in [-0.2, 0) is 12.5 Å². The standard InChI is InChI=1S/C31H30N4O2/c1-21-14-16-23(17-15-21)35-30(37)28-26(24-12-6-7-13-25(24)34(28)2)27(33-35)29(36)32-20-31(18-8-9-19-31)22-10-4-3-5-11-22/h3-7,10-17H,8-9,18-20H2,1-2H3,(H,32,36). The van der Waals surface area contributed by atoms with Gasteiger partial charge in [-0.3, -0.25) is 9.59 Å². The third-order valence-corrected chi connectivity index (χ3v) is 7.97. The molecule has 5 aromatic rings. The highest BCUT2D eigenvalue weighted by atomic mass is 16.2. The summed E-state index contributed by atoms with van der Waals surface area (Å²) in [4.78, 5) is 27.6. The van der Waals surface area contributed by atoms with E-state index in [4.69, 9.17) is 0 Å². The molecule has 3 aromatic carbocycles. The van der Waals surface area contributed by atoms with Crippen LogP contribution in [0.5, 0.6) is 0 Å². The molecule has 1 N–H and O–H groups in total. The number of carbonyl (C=O) groups excluding carboxylic acids is 1. The Labute approximate surface area is 215 Å². The first-order valence-corrected chi connectivity index (χ1v) is 12.9. The van der Waals surface area contributed by atoms with Gasteiger partial charge >= 0.3 is 0 Å². The number of aromatic nitrogens is 3. The molecule has 0 aliphatic heterocycles. The van der Waals surface area contributed by atoms with Gasteiger partial charge in [-0.15, -0.1) is 0 Å². The average Bonchev–Trinajstić information content (AvgIpc) is 3.53. The first-order chi connectivity index (χ1) is 18.0. The number of aryl methyl sites for hydroxylation is 2. The zero-order valence-electron chi connectivity index (χ0n) is 21.2. The number of amides is 1. The van der Waals surface area contributed by atoms with Crippen molar-refractivity contribution in [1.29, 1.82) is 0 Å². The highest BCUT2D eigenvalue weighted by Gasteiger charge is 2.36. The van der Waals surface area contributed by atoms with Crippen molar-refractivity contribution in [3.63, 3.8) is 0 Å². The van der Waals surface area contributed by atoms with Crippen LogP contribution in [0.1, 0.15) is 47.3 Å². The molecule has 0 saturated heterocycles. The van der Waals surface area contributed by atoms with Gasteiger partial charge in [0.05, 0.1) is 5.69 Å². The van der Waals surface area contributed by atoms with E-state index in [0.717, 1.165) is 42.1 Å². The molecule has 1 aliphatic carbocycles. The summed E-state index contributed by atoms with van der Waals surface area (Å²) >= 11 is 0. The van der Waals surface area contributed by atoms with Crippen molar-refractivity contribution in [3.05, 3.63) is 106 Å². The van der Waals surface area contributed by atoms with Gasteiger partial charge in [-0.05, 0) is 43.5 Å². The number of nitrogens with one attached hydrogen (secondary N) is 1. The summed E-state index contributed by atoms with van der Waals surface area (Å²) in [6.07, 6.45) is 4.37. The van der Waals surface area contributed by atoms with E-state index in [1.54, 1.807) is 0 Å². The van der Waals surface area contributed by atoms with Gasteiger partial charge in [-0.25, -0.2) is 0 Å². The average molecular weight is 491 g/mol. The molecule has 0 atom stereocenters. The molecule has 37 heavy (non-hydrogen) atoms. The van der Waals surface area contributed by atoms with Gasteiger partial charge < -0.3 is 9.88 Å². The lowest BCUT2D eigenvalue weighted by Gasteiger charge is -2.30. The number of benzene rings is 3. The van der Waals surface area contributed by atoms with E-state index < -0.39 is 0 Å². The Kier molecular flexibility index (Phi) is 5.67. The predicted octanol–water partition coefficient (Wildman–Crippen LogP) is 5.43. The monoisotopic (exact) mass is 490 g/mol. The molecule has 0 bridgehead atoms. The smallest absolute Gasteiger partial charge is 0.296 e. The molecule has 1 saturated carbocycles. The number of nitrogens with zero attached hydrogens (tertiary/aromatic N) is 3. The molecule has 6 nitrogen and oxygen atoms in total. The van der Waals surface area contributed by atoms with Gasteiger partial charge in [-0.2, -0.15) is 9.78 Å². The number of rotatable bonds is 5. The summed E-state index contributed by atoms with van der Waals surface area (Å²) < 4.78 is 3.23. The molecule has 2 heterocycles. The van der Waals surface area contributed by atoms with Gasteiger partial charge in [0.1, 0.15) is 5.52 Å². The van der Waals surface area contributed by atoms with Crippen molar-refractivity contribution < 1.29 is 4.79 Å². The van der Waals surface area contributed by atoms with E-state index in [1.165, 1.54) is 10.2 Å². The van der Waals surface area contributed by atoms with Crippen LogP contribution in [0, 0.1) is 6.92 Å². The number of fused-ring (bicyclic) bond motifs is 3. The van der Waals surface area contributed by atoms with Crippen LogP contribution < -0.4 is 10.9 Å². The van der Waals surface area contributed by atoms with Crippen LogP contribution in [0.4, 0.5) is 0 Å². The number of hydrogen-bond donors (Lipinski definition) is 1. The molecule has 6 heteroatoms. The molecule has 1 aliphatic rings. The third-order valence-electron chi connectivity index (χ3n) is 7.97. The topological polar surface area (TPSA) is 68.9 Å². The fourth-order valence-corrected chi connectivity index (χ4v) is 5.94. The Bertz CT molecular complexity index is 1670. The van der Waals surface area contributed by atoms with E-state index in [-0.39, 0.29) is 22.6 Å². The second-order valence-corrected chi connectivity index (χ2v) is 10.2. The van der Waals surface area contributed by atoms with Gasteiger partial charge in [0.2, 0.25) is 0 Å². The van der Waals surface area contributed by atoms with Crippen molar-refractivity contribution in [2.45, 2.75) is 38.0 Å². The van der Waals surface area contributed by atoms with Gasteiger partial charge in [0.15, 0.2) is 5.69 Å². The lowest BCUT2D eigenvalue weighted by atomic mass is 9.79. The Hall–Kier alpha value is -4.19.